The maximum Gasteiger partial charge on any atom is 0.308 e. The van der Waals surface area contributed by atoms with Crippen molar-refractivity contribution in [3.8, 4) is 0 Å². The molecule has 2 heteroatoms. The number of rotatable bonds is 2. The Balaban J connectivity index is 1.58. The highest BCUT2D eigenvalue weighted by molar-refractivity contribution is 5.72. The minimum Gasteiger partial charge on any atom is -0.469 e. The molecular weight excluding hydrogens is 308 g/mol. The van der Waals surface area contributed by atoms with Gasteiger partial charge in [-0.1, -0.05) is 33.6 Å². The van der Waals surface area contributed by atoms with E-state index in [0.29, 0.717) is 16.7 Å². The topological polar surface area (TPSA) is 26.3 Å². The van der Waals surface area contributed by atoms with Gasteiger partial charge in [0.15, 0.2) is 0 Å². The largest absolute Gasteiger partial charge is 0.469 e. The van der Waals surface area contributed by atoms with Gasteiger partial charge in [0.1, 0.15) is 0 Å². The highest BCUT2D eigenvalue weighted by Gasteiger charge is 2.60. The summed E-state index contributed by atoms with van der Waals surface area (Å²) in [6.07, 6.45) is 14.2. The second-order valence-electron chi connectivity index (χ2n) is 10.4. The molecule has 0 bridgehead atoms. The van der Waals surface area contributed by atoms with Crippen molar-refractivity contribution >= 4 is 5.97 Å². The van der Waals surface area contributed by atoms with Crippen LogP contribution < -0.4 is 0 Å². The zero-order valence-electron chi connectivity index (χ0n) is 16.9. The van der Waals surface area contributed by atoms with E-state index in [-0.39, 0.29) is 11.9 Å². The Kier molecular flexibility index (Phi) is 4.48. The quantitative estimate of drug-likeness (QED) is 0.587. The van der Waals surface area contributed by atoms with Crippen LogP contribution in [0.5, 0.6) is 0 Å². The van der Waals surface area contributed by atoms with Crippen LogP contribution in [0.3, 0.4) is 0 Å². The molecule has 0 unspecified atom stereocenters. The van der Waals surface area contributed by atoms with Crippen LogP contribution in [-0.4, -0.2) is 13.1 Å². The van der Waals surface area contributed by atoms with Crippen LogP contribution in [0.2, 0.25) is 0 Å². The Morgan fingerprint density at radius 3 is 2.44 bits per heavy atom. The summed E-state index contributed by atoms with van der Waals surface area (Å²) in [4.78, 5) is 12.2. The number of hydrogen-bond donors (Lipinski definition) is 0. The number of esters is 1. The van der Waals surface area contributed by atoms with Crippen molar-refractivity contribution in [3.63, 3.8) is 0 Å². The molecule has 0 radical (unpaired) electrons. The summed E-state index contributed by atoms with van der Waals surface area (Å²) >= 11 is 0. The van der Waals surface area contributed by atoms with Crippen LogP contribution >= 0.6 is 0 Å². The van der Waals surface area contributed by atoms with E-state index in [9.17, 15) is 4.79 Å². The predicted octanol–water partition coefficient (Wildman–Crippen LogP) is 5.84. The molecule has 0 aromatic carbocycles. The Morgan fingerprint density at radius 1 is 0.920 bits per heavy atom. The van der Waals surface area contributed by atoms with E-state index in [1.807, 2.05) is 0 Å². The summed E-state index contributed by atoms with van der Waals surface area (Å²) in [5, 5.41) is 0. The summed E-state index contributed by atoms with van der Waals surface area (Å²) < 4.78 is 5.10. The average molecular weight is 347 g/mol. The van der Waals surface area contributed by atoms with Crippen LogP contribution in [0.4, 0.5) is 0 Å². The van der Waals surface area contributed by atoms with Gasteiger partial charge in [0.05, 0.1) is 13.0 Å². The fourth-order valence-electron chi connectivity index (χ4n) is 8.51. The molecule has 4 aliphatic carbocycles. The molecule has 4 fully saturated rings. The van der Waals surface area contributed by atoms with Gasteiger partial charge in [0, 0.05) is 0 Å². The zero-order valence-corrected chi connectivity index (χ0v) is 16.9. The van der Waals surface area contributed by atoms with Gasteiger partial charge < -0.3 is 4.74 Å². The van der Waals surface area contributed by atoms with E-state index in [2.05, 4.69) is 20.8 Å². The smallest absolute Gasteiger partial charge is 0.308 e. The monoisotopic (exact) mass is 346 g/mol. The van der Waals surface area contributed by atoms with Gasteiger partial charge in [-0.25, -0.2) is 0 Å². The third-order valence-corrected chi connectivity index (χ3v) is 9.83. The molecule has 4 rings (SSSR count). The van der Waals surface area contributed by atoms with Gasteiger partial charge in [-0.05, 0) is 91.8 Å². The van der Waals surface area contributed by atoms with Crippen LogP contribution in [0.1, 0.15) is 85.0 Å². The van der Waals surface area contributed by atoms with E-state index in [4.69, 9.17) is 4.74 Å². The van der Waals surface area contributed by atoms with Gasteiger partial charge in [-0.3, -0.25) is 4.79 Å². The van der Waals surface area contributed by atoms with Crippen LogP contribution in [0.15, 0.2) is 0 Å². The summed E-state index contributed by atoms with van der Waals surface area (Å²) in [7, 11) is 1.55. The Hall–Kier alpha value is -0.530. The molecule has 0 aliphatic heterocycles. The molecule has 2 nitrogen and oxygen atoms in total. The number of ether oxygens (including phenoxy) is 1. The molecule has 142 valence electrons. The van der Waals surface area contributed by atoms with Crippen LogP contribution in [0, 0.1) is 46.3 Å². The van der Waals surface area contributed by atoms with E-state index in [1.54, 1.807) is 7.11 Å². The van der Waals surface area contributed by atoms with Gasteiger partial charge in [-0.15, -0.1) is 0 Å². The molecule has 0 N–H and O–H groups in total. The number of carbonyl (C=O) groups is 1. The summed E-state index contributed by atoms with van der Waals surface area (Å²) in [6.45, 7) is 7.30. The van der Waals surface area contributed by atoms with Crippen molar-refractivity contribution in [2.45, 2.75) is 85.0 Å². The molecule has 0 saturated heterocycles. The second-order valence-corrected chi connectivity index (χ2v) is 10.4. The molecule has 0 heterocycles. The Morgan fingerprint density at radius 2 is 1.68 bits per heavy atom. The standard InChI is InChI=1S/C23H38O2/c1-15(21(24)25-4)18-10-11-19-17-9-8-16-7-5-6-13-22(16,2)20(17)12-14-23(18,19)3/h15-20H,5-14H2,1-4H3/t15-,16+,17-,18+,19-,20-,22-,23+/m0/s1. The van der Waals surface area contributed by atoms with Crippen molar-refractivity contribution in [3.05, 3.63) is 0 Å². The molecule has 25 heavy (non-hydrogen) atoms. The van der Waals surface area contributed by atoms with Gasteiger partial charge in [0.2, 0.25) is 0 Å². The first-order valence-electron chi connectivity index (χ1n) is 11.0. The molecule has 4 aliphatic rings. The van der Waals surface area contributed by atoms with Gasteiger partial charge in [0.25, 0.3) is 0 Å². The first-order valence-corrected chi connectivity index (χ1v) is 11.0. The Labute approximate surface area is 154 Å². The predicted molar refractivity (Wildman–Crippen MR) is 101 cm³/mol. The molecule has 0 aromatic heterocycles. The van der Waals surface area contributed by atoms with E-state index in [0.717, 1.165) is 23.7 Å². The fourth-order valence-corrected chi connectivity index (χ4v) is 8.51. The zero-order chi connectivity index (χ0) is 17.8. The number of carbonyl (C=O) groups excluding carboxylic acids is 1. The molecule has 4 saturated carbocycles. The highest BCUT2D eigenvalue weighted by Crippen LogP contribution is 2.68. The second kappa shape index (κ2) is 6.27. The lowest BCUT2D eigenvalue weighted by Gasteiger charge is -2.60. The van der Waals surface area contributed by atoms with E-state index >= 15 is 0 Å². The van der Waals surface area contributed by atoms with Crippen molar-refractivity contribution in [2.75, 3.05) is 7.11 Å². The molecule has 0 spiro atoms. The Bertz CT molecular complexity index is 528. The maximum absolute atomic E-state index is 12.2. The first kappa shape index (κ1) is 17.9. The first-order chi connectivity index (χ1) is 11.9. The average Bonchev–Trinajstić information content (AvgIpc) is 2.97. The third kappa shape index (κ3) is 2.52. The van der Waals surface area contributed by atoms with Crippen molar-refractivity contribution in [1.29, 1.82) is 0 Å². The van der Waals surface area contributed by atoms with Gasteiger partial charge >= 0.3 is 5.97 Å². The molecule has 8 atom stereocenters. The normalized spacial score (nSPS) is 50.3. The fraction of sp³-hybridized carbons (Fsp3) is 0.957. The minimum atomic E-state index is 0.0111. The minimum absolute atomic E-state index is 0.0111. The van der Waals surface area contributed by atoms with Gasteiger partial charge in [-0.2, -0.15) is 0 Å². The summed E-state index contributed by atoms with van der Waals surface area (Å²) in [5.41, 5.74) is 0.987. The molecule has 0 aromatic rings. The van der Waals surface area contributed by atoms with Crippen LogP contribution in [-0.2, 0) is 9.53 Å². The van der Waals surface area contributed by atoms with Crippen molar-refractivity contribution in [1.82, 2.24) is 0 Å². The highest BCUT2D eigenvalue weighted by atomic mass is 16.5. The number of methoxy groups -OCH3 is 1. The number of fused-ring (bicyclic) bond motifs is 5. The number of hydrogen-bond acceptors (Lipinski definition) is 2. The van der Waals surface area contributed by atoms with Crippen LogP contribution in [0.25, 0.3) is 0 Å². The lowest BCUT2D eigenvalue weighted by atomic mass is 9.44. The maximum atomic E-state index is 12.2. The molecule has 0 amide bonds. The lowest BCUT2D eigenvalue weighted by molar-refractivity contribution is -0.151. The SMILES string of the molecule is COC(=O)[C@@H](C)[C@H]1CC[C@H]2[C@@H]3CC[C@H]4CCCC[C@]4(C)[C@H]3CC[C@]12C. The van der Waals surface area contributed by atoms with Crippen molar-refractivity contribution < 1.29 is 9.53 Å². The molecular formula is C23H38O2. The summed E-state index contributed by atoms with van der Waals surface area (Å²) in [5.74, 6) is 4.34. The lowest BCUT2D eigenvalue weighted by Crippen LogP contribution is -2.53. The van der Waals surface area contributed by atoms with E-state index in [1.165, 1.54) is 64.2 Å². The summed E-state index contributed by atoms with van der Waals surface area (Å²) in [6, 6.07) is 0. The van der Waals surface area contributed by atoms with Crippen molar-refractivity contribution in [2.24, 2.45) is 46.3 Å². The third-order valence-electron chi connectivity index (χ3n) is 9.83. The van der Waals surface area contributed by atoms with E-state index < -0.39 is 0 Å².